The second-order valence-electron chi connectivity index (χ2n) is 8.45. The first-order valence-electron chi connectivity index (χ1n) is 11.2. The summed E-state index contributed by atoms with van der Waals surface area (Å²) in [6, 6.07) is 4.71. The molecule has 35 heavy (non-hydrogen) atoms. The molecule has 1 fully saturated rings. The van der Waals surface area contributed by atoms with Crippen LogP contribution >= 0.6 is 0 Å². The summed E-state index contributed by atoms with van der Waals surface area (Å²) >= 11 is 0. The number of fused-ring (bicyclic) bond motifs is 1. The largest absolute Gasteiger partial charge is 0.382 e. The number of piperazine rings is 1. The molecule has 178 valence electrons. The first-order valence-corrected chi connectivity index (χ1v) is 11.2. The highest BCUT2D eigenvalue weighted by molar-refractivity contribution is 6.38. The van der Waals surface area contributed by atoms with E-state index in [0.717, 1.165) is 6.20 Å². The molecule has 5 rings (SSSR count). The number of Topliss-reactive ketones (excluding diaryl/α,β-unsaturated/α-hetero) is 1. The van der Waals surface area contributed by atoms with Crippen molar-refractivity contribution in [3.8, 4) is 11.4 Å². The number of nitrogens with one attached hydrogen (secondary N) is 1. The molecule has 1 saturated heterocycles. The number of carbonyl (C=O) groups is 3. The SMILES string of the molecule is C[C@@H]1CN(C(=O)c2ccccn2)CCN1C(=O)C(=O)C1CNc2c(-c3cnccn3)ncc(F)c21. The monoisotopic (exact) mass is 475 g/mol. The van der Waals surface area contributed by atoms with Gasteiger partial charge in [0.1, 0.15) is 22.9 Å². The van der Waals surface area contributed by atoms with Gasteiger partial charge in [-0.2, -0.15) is 0 Å². The average molecular weight is 475 g/mol. The summed E-state index contributed by atoms with van der Waals surface area (Å²) < 4.78 is 14.8. The first-order chi connectivity index (χ1) is 17.0. The standard InChI is InChI=1S/C24H22FN7O3/c1-14-13-31(23(34)17-4-2-3-5-27-17)8-9-32(14)24(35)22(33)15-10-29-21-19(15)16(25)11-30-20(21)18-12-26-6-7-28-18/h2-7,11-12,14-15,29H,8-10,13H2,1H3/t14-,15?/m1/s1. The van der Waals surface area contributed by atoms with E-state index >= 15 is 0 Å². The number of hydrogen-bond acceptors (Lipinski definition) is 8. The highest BCUT2D eigenvalue weighted by Crippen LogP contribution is 2.39. The van der Waals surface area contributed by atoms with Crippen molar-refractivity contribution in [2.75, 3.05) is 31.5 Å². The Hall–Kier alpha value is -4.28. The Kier molecular flexibility index (Phi) is 5.89. The molecule has 10 nitrogen and oxygen atoms in total. The number of halogens is 1. The minimum Gasteiger partial charge on any atom is -0.382 e. The quantitative estimate of drug-likeness (QED) is 0.564. The van der Waals surface area contributed by atoms with E-state index in [9.17, 15) is 18.8 Å². The van der Waals surface area contributed by atoms with Crippen LogP contribution in [0.15, 0.2) is 49.2 Å². The molecule has 3 aromatic rings. The van der Waals surface area contributed by atoms with Gasteiger partial charge in [-0.25, -0.2) is 9.37 Å². The molecular weight excluding hydrogens is 453 g/mol. The van der Waals surface area contributed by atoms with Crippen LogP contribution in [0.2, 0.25) is 0 Å². The summed E-state index contributed by atoms with van der Waals surface area (Å²) in [5, 5.41) is 3.03. The zero-order valence-corrected chi connectivity index (χ0v) is 18.9. The molecule has 2 aliphatic rings. The maximum Gasteiger partial charge on any atom is 0.291 e. The molecule has 2 amide bonds. The highest BCUT2D eigenvalue weighted by atomic mass is 19.1. The van der Waals surface area contributed by atoms with Gasteiger partial charge in [0.25, 0.3) is 11.8 Å². The number of hydrogen-bond donors (Lipinski definition) is 1. The van der Waals surface area contributed by atoms with Gasteiger partial charge >= 0.3 is 0 Å². The molecule has 2 atom stereocenters. The van der Waals surface area contributed by atoms with Crippen molar-refractivity contribution >= 4 is 23.3 Å². The van der Waals surface area contributed by atoms with Gasteiger partial charge in [-0.15, -0.1) is 0 Å². The van der Waals surface area contributed by atoms with Crippen LogP contribution < -0.4 is 5.32 Å². The van der Waals surface area contributed by atoms with Crippen molar-refractivity contribution in [1.82, 2.24) is 29.7 Å². The lowest BCUT2D eigenvalue weighted by Crippen LogP contribution is -2.57. The predicted octanol–water partition coefficient (Wildman–Crippen LogP) is 1.52. The molecule has 0 aliphatic carbocycles. The fraction of sp³-hybridized carbons (Fsp3) is 0.292. The molecule has 0 radical (unpaired) electrons. The lowest BCUT2D eigenvalue weighted by molar-refractivity contribution is -0.148. The Bertz CT molecular complexity index is 1290. The van der Waals surface area contributed by atoms with Gasteiger partial charge in [-0.1, -0.05) is 6.07 Å². The molecule has 0 aromatic carbocycles. The van der Waals surface area contributed by atoms with Gasteiger partial charge in [-0.05, 0) is 19.1 Å². The van der Waals surface area contributed by atoms with E-state index in [0.29, 0.717) is 22.8 Å². The van der Waals surface area contributed by atoms with E-state index in [1.807, 2.05) is 0 Å². The highest BCUT2D eigenvalue weighted by Gasteiger charge is 2.41. The number of ketones is 1. The van der Waals surface area contributed by atoms with Crippen LogP contribution in [0.5, 0.6) is 0 Å². The Labute approximate surface area is 200 Å². The first kappa shape index (κ1) is 22.5. The van der Waals surface area contributed by atoms with Gasteiger partial charge in [0.05, 0.1) is 24.0 Å². The van der Waals surface area contributed by atoms with Crippen molar-refractivity contribution in [3.05, 3.63) is 66.3 Å². The molecule has 0 bridgehead atoms. The molecule has 5 heterocycles. The van der Waals surface area contributed by atoms with Gasteiger partial charge in [0.2, 0.25) is 5.78 Å². The van der Waals surface area contributed by atoms with Crippen LogP contribution in [0.25, 0.3) is 11.4 Å². The number of nitrogens with zero attached hydrogens (tertiary/aromatic N) is 6. The maximum absolute atomic E-state index is 14.8. The summed E-state index contributed by atoms with van der Waals surface area (Å²) in [7, 11) is 0. The fourth-order valence-corrected chi connectivity index (χ4v) is 4.55. The van der Waals surface area contributed by atoms with E-state index in [-0.39, 0.29) is 43.7 Å². The molecule has 2 aliphatic heterocycles. The topological polar surface area (TPSA) is 121 Å². The van der Waals surface area contributed by atoms with Crippen molar-refractivity contribution in [2.45, 2.75) is 18.9 Å². The lowest BCUT2D eigenvalue weighted by atomic mass is 9.94. The van der Waals surface area contributed by atoms with Gasteiger partial charge in [0.15, 0.2) is 0 Å². The van der Waals surface area contributed by atoms with Crippen LogP contribution in [-0.2, 0) is 9.59 Å². The Morgan fingerprint density at radius 3 is 2.63 bits per heavy atom. The van der Waals surface area contributed by atoms with Crippen LogP contribution in [0.1, 0.15) is 28.9 Å². The summed E-state index contributed by atoms with van der Waals surface area (Å²) in [5.41, 5.74) is 1.57. The number of pyridine rings is 2. The van der Waals surface area contributed by atoms with Crippen LogP contribution in [0.4, 0.5) is 10.1 Å². The molecule has 1 N–H and O–H groups in total. The summed E-state index contributed by atoms with van der Waals surface area (Å²) in [4.78, 5) is 58.7. The van der Waals surface area contributed by atoms with Crippen LogP contribution in [0.3, 0.4) is 0 Å². The third-order valence-corrected chi connectivity index (χ3v) is 6.29. The Morgan fingerprint density at radius 1 is 1.06 bits per heavy atom. The smallest absolute Gasteiger partial charge is 0.291 e. The van der Waals surface area contributed by atoms with Crippen molar-refractivity contribution in [3.63, 3.8) is 0 Å². The van der Waals surface area contributed by atoms with E-state index in [2.05, 4.69) is 25.3 Å². The normalized spacial score (nSPS) is 19.1. The van der Waals surface area contributed by atoms with E-state index in [1.165, 1.54) is 23.5 Å². The molecular formula is C24H22FN7O3. The Balaban J connectivity index is 1.33. The zero-order valence-electron chi connectivity index (χ0n) is 18.9. The van der Waals surface area contributed by atoms with E-state index in [1.54, 1.807) is 36.2 Å². The fourth-order valence-electron chi connectivity index (χ4n) is 4.55. The minimum absolute atomic E-state index is 0.0717. The lowest BCUT2D eigenvalue weighted by Gasteiger charge is -2.39. The van der Waals surface area contributed by atoms with E-state index < -0.39 is 23.4 Å². The number of aromatic nitrogens is 4. The number of rotatable bonds is 4. The summed E-state index contributed by atoms with van der Waals surface area (Å²) in [5.74, 6) is -3.28. The van der Waals surface area contributed by atoms with Crippen LogP contribution in [-0.4, -0.2) is 79.6 Å². The third kappa shape index (κ3) is 4.09. The van der Waals surface area contributed by atoms with Crippen molar-refractivity contribution in [1.29, 1.82) is 0 Å². The maximum atomic E-state index is 14.8. The van der Waals surface area contributed by atoms with Crippen LogP contribution in [0, 0.1) is 5.82 Å². The van der Waals surface area contributed by atoms with E-state index in [4.69, 9.17) is 0 Å². The third-order valence-electron chi connectivity index (χ3n) is 6.29. The molecule has 11 heteroatoms. The predicted molar refractivity (Wildman–Crippen MR) is 123 cm³/mol. The van der Waals surface area contributed by atoms with Crippen molar-refractivity contribution in [2.24, 2.45) is 0 Å². The van der Waals surface area contributed by atoms with Gasteiger partial charge in [0, 0.05) is 56.4 Å². The van der Waals surface area contributed by atoms with Gasteiger partial charge < -0.3 is 15.1 Å². The van der Waals surface area contributed by atoms with Gasteiger partial charge in [-0.3, -0.25) is 29.3 Å². The second-order valence-corrected chi connectivity index (χ2v) is 8.45. The molecule has 3 aromatic heterocycles. The number of anilines is 1. The summed E-state index contributed by atoms with van der Waals surface area (Å²) in [6.07, 6.45) is 7.08. The second kappa shape index (κ2) is 9.16. The molecule has 0 spiro atoms. The minimum atomic E-state index is -0.990. The Morgan fingerprint density at radius 2 is 1.91 bits per heavy atom. The molecule has 0 saturated carbocycles. The number of amides is 2. The zero-order chi connectivity index (χ0) is 24.5. The summed E-state index contributed by atoms with van der Waals surface area (Å²) in [6.45, 7) is 2.58. The average Bonchev–Trinajstić information content (AvgIpc) is 3.35. The van der Waals surface area contributed by atoms with Crippen molar-refractivity contribution < 1.29 is 18.8 Å². The number of carbonyl (C=O) groups excluding carboxylic acids is 3. The molecule has 1 unspecified atom stereocenters.